The fourth-order valence-electron chi connectivity index (χ4n) is 3.35. The van der Waals surface area contributed by atoms with Gasteiger partial charge in [-0.15, -0.1) is 0 Å². The third-order valence-electron chi connectivity index (χ3n) is 4.77. The standard InChI is InChI=1S/C17H27NO2/c1-5-14-7-8-15(12(14)2)18-11-13-6-9-16(19-3)17(10-13)20-4/h6,9-10,12,14-15,18H,5,7-8,11H2,1-4H3. The van der Waals surface area contributed by atoms with Gasteiger partial charge in [-0.2, -0.15) is 0 Å². The van der Waals surface area contributed by atoms with Gasteiger partial charge in [0.15, 0.2) is 11.5 Å². The van der Waals surface area contributed by atoms with Crippen LogP contribution < -0.4 is 14.8 Å². The molecule has 1 aromatic carbocycles. The fraction of sp³-hybridized carbons (Fsp3) is 0.647. The van der Waals surface area contributed by atoms with Gasteiger partial charge in [-0.1, -0.05) is 26.3 Å². The van der Waals surface area contributed by atoms with Crippen LogP contribution in [0.1, 0.15) is 38.7 Å². The number of methoxy groups -OCH3 is 2. The van der Waals surface area contributed by atoms with Crippen molar-refractivity contribution >= 4 is 0 Å². The van der Waals surface area contributed by atoms with Crippen LogP contribution in [0.2, 0.25) is 0 Å². The Labute approximate surface area is 122 Å². The Bertz CT molecular complexity index is 433. The van der Waals surface area contributed by atoms with Crippen molar-refractivity contribution in [1.29, 1.82) is 0 Å². The third kappa shape index (κ3) is 3.26. The molecule has 1 saturated carbocycles. The van der Waals surface area contributed by atoms with Crippen LogP contribution in [-0.2, 0) is 6.54 Å². The normalized spacial score (nSPS) is 25.7. The van der Waals surface area contributed by atoms with E-state index in [2.05, 4.69) is 31.3 Å². The molecular formula is C17H27NO2. The highest BCUT2D eigenvalue weighted by atomic mass is 16.5. The lowest BCUT2D eigenvalue weighted by Crippen LogP contribution is -2.32. The summed E-state index contributed by atoms with van der Waals surface area (Å²) in [6, 6.07) is 6.78. The van der Waals surface area contributed by atoms with E-state index in [1.807, 2.05) is 6.07 Å². The molecule has 1 aliphatic rings. The lowest BCUT2D eigenvalue weighted by atomic mass is 9.93. The molecule has 20 heavy (non-hydrogen) atoms. The summed E-state index contributed by atoms with van der Waals surface area (Å²) in [7, 11) is 3.35. The van der Waals surface area contributed by atoms with Gasteiger partial charge in [0.2, 0.25) is 0 Å². The zero-order chi connectivity index (χ0) is 14.5. The average Bonchev–Trinajstić information content (AvgIpc) is 2.85. The van der Waals surface area contributed by atoms with Crippen LogP contribution in [0.25, 0.3) is 0 Å². The Kier molecular flexibility index (Phi) is 5.30. The van der Waals surface area contributed by atoms with E-state index in [1.165, 1.54) is 24.8 Å². The number of ether oxygens (including phenoxy) is 2. The van der Waals surface area contributed by atoms with E-state index in [0.717, 1.165) is 29.9 Å². The zero-order valence-electron chi connectivity index (χ0n) is 13.1. The van der Waals surface area contributed by atoms with E-state index in [1.54, 1.807) is 14.2 Å². The molecule has 2 rings (SSSR count). The molecule has 1 fully saturated rings. The van der Waals surface area contributed by atoms with Crippen LogP contribution in [0, 0.1) is 11.8 Å². The summed E-state index contributed by atoms with van der Waals surface area (Å²) in [6.45, 7) is 5.58. The first kappa shape index (κ1) is 15.2. The first-order valence-corrected chi connectivity index (χ1v) is 7.63. The van der Waals surface area contributed by atoms with E-state index in [4.69, 9.17) is 9.47 Å². The molecule has 112 valence electrons. The quantitative estimate of drug-likeness (QED) is 0.861. The lowest BCUT2D eigenvalue weighted by Gasteiger charge is -2.21. The maximum Gasteiger partial charge on any atom is 0.161 e. The minimum Gasteiger partial charge on any atom is -0.493 e. The largest absolute Gasteiger partial charge is 0.493 e. The summed E-state index contributed by atoms with van der Waals surface area (Å²) < 4.78 is 10.6. The van der Waals surface area contributed by atoms with E-state index < -0.39 is 0 Å². The molecule has 3 nitrogen and oxygen atoms in total. The summed E-state index contributed by atoms with van der Waals surface area (Å²) in [5.74, 6) is 3.26. The van der Waals surface area contributed by atoms with Crippen LogP contribution in [0.5, 0.6) is 11.5 Å². The molecule has 3 atom stereocenters. The summed E-state index contributed by atoms with van der Waals surface area (Å²) in [4.78, 5) is 0. The third-order valence-corrected chi connectivity index (χ3v) is 4.77. The topological polar surface area (TPSA) is 30.5 Å². The highest BCUT2D eigenvalue weighted by Crippen LogP contribution is 2.34. The van der Waals surface area contributed by atoms with E-state index in [0.29, 0.717) is 6.04 Å². The number of rotatable bonds is 6. The maximum atomic E-state index is 5.35. The minimum atomic E-state index is 0.646. The molecule has 0 amide bonds. The number of hydrogen-bond acceptors (Lipinski definition) is 3. The monoisotopic (exact) mass is 277 g/mol. The molecule has 0 spiro atoms. The molecule has 1 aromatic rings. The molecule has 1 N–H and O–H groups in total. The molecule has 0 aromatic heterocycles. The van der Waals surface area contributed by atoms with Crippen LogP contribution in [0.4, 0.5) is 0 Å². The highest BCUT2D eigenvalue weighted by molar-refractivity contribution is 5.42. The second-order valence-corrected chi connectivity index (χ2v) is 5.78. The Morgan fingerprint density at radius 3 is 2.50 bits per heavy atom. The van der Waals surface area contributed by atoms with Gasteiger partial charge >= 0.3 is 0 Å². The minimum absolute atomic E-state index is 0.646. The molecule has 3 heteroatoms. The fourth-order valence-corrected chi connectivity index (χ4v) is 3.35. The van der Waals surface area contributed by atoms with Gasteiger partial charge in [-0.3, -0.25) is 0 Å². The van der Waals surface area contributed by atoms with E-state index in [9.17, 15) is 0 Å². The number of hydrogen-bond donors (Lipinski definition) is 1. The molecule has 0 radical (unpaired) electrons. The van der Waals surface area contributed by atoms with Crippen molar-refractivity contribution in [3.8, 4) is 11.5 Å². The Morgan fingerprint density at radius 2 is 1.90 bits per heavy atom. The molecular weight excluding hydrogens is 250 g/mol. The second kappa shape index (κ2) is 6.98. The van der Waals surface area contributed by atoms with Crippen molar-refractivity contribution < 1.29 is 9.47 Å². The SMILES string of the molecule is CCC1CCC(NCc2ccc(OC)c(OC)c2)C1C. The van der Waals surface area contributed by atoms with Gasteiger partial charge < -0.3 is 14.8 Å². The summed E-state index contributed by atoms with van der Waals surface area (Å²) in [5, 5.41) is 3.70. The van der Waals surface area contributed by atoms with Crippen LogP contribution >= 0.6 is 0 Å². The first-order chi connectivity index (χ1) is 9.69. The van der Waals surface area contributed by atoms with Gasteiger partial charge in [-0.05, 0) is 42.4 Å². The van der Waals surface area contributed by atoms with Crippen molar-refractivity contribution in [2.24, 2.45) is 11.8 Å². The lowest BCUT2D eigenvalue weighted by molar-refractivity contribution is 0.342. The molecule has 1 aliphatic carbocycles. The molecule has 0 bridgehead atoms. The van der Waals surface area contributed by atoms with E-state index >= 15 is 0 Å². The van der Waals surface area contributed by atoms with Gasteiger partial charge in [0.05, 0.1) is 14.2 Å². The Balaban J connectivity index is 1.94. The van der Waals surface area contributed by atoms with Gasteiger partial charge in [-0.25, -0.2) is 0 Å². The average molecular weight is 277 g/mol. The van der Waals surface area contributed by atoms with E-state index in [-0.39, 0.29) is 0 Å². The summed E-state index contributed by atoms with van der Waals surface area (Å²) in [5.41, 5.74) is 1.25. The first-order valence-electron chi connectivity index (χ1n) is 7.63. The predicted octanol–water partition coefficient (Wildman–Crippen LogP) is 3.62. The van der Waals surface area contributed by atoms with Gasteiger partial charge in [0, 0.05) is 12.6 Å². The van der Waals surface area contributed by atoms with Crippen LogP contribution in [-0.4, -0.2) is 20.3 Å². The second-order valence-electron chi connectivity index (χ2n) is 5.78. The number of nitrogens with one attached hydrogen (secondary N) is 1. The van der Waals surface area contributed by atoms with Crippen LogP contribution in [0.3, 0.4) is 0 Å². The van der Waals surface area contributed by atoms with Gasteiger partial charge in [0.25, 0.3) is 0 Å². The molecule has 0 aliphatic heterocycles. The van der Waals surface area contributed by atoms with Crippen molar-refractivity contribution in [2.45, 2.75) is 45.7 Å². The maximum absolute atomic E-state index is 5.35. The summed E-state index contributed by atoms with van der Waals surface area (Å²) in [6.07, 6.45) is 3.96. The van der Waals surface area contributed by atoms with Crippen molar-refractivity contribution in [1.82, 2.24) is 5.32 Å². The molecule has 3 unspecified atom stereocenters. The molecule has 0 saturated heterocycles. The predicted molar refractivity (Wildman–Crippen MR) is 82.4 cm³/mol. The smallest absolute Gasteiger partial charge is 0.161 e. The molecule has 0 heterocycles. The van der Waals surface area contributed by atoms with Crippen molar-refractivity contribution in [2.75, 3.05) is 14.2 Å². The Hall–Kier alpha value is -1.22. The summed E-state index contributed by atoms with van der Waals surface area (Å²) >= 11 is 0. The number of benzene rings is 1. The van der Waals surface area contributed by atoms with Crippen molar-refractivity contribution in [3.05, 3.63) is 23.8 Å². The van der Waals surface area contributed by atoms with Crippen LogP contribution in [0.15, 0.2) is 18.2 Å². The highest BCUT2D eigenvalue weighted by Gasteiger charge is 2.30. The zero-order valence-corrected chi connectivity index (χ0v) is 13.1. The van der Waals surface area contributed by atoms with Gasteiger partial charge in [0.1, 0.15) is 0 Å². The van der Waals surface area contributed by atoms with Crippen molar-refractivity contribution in [3.63, 3.8) is 0 Å². The Morgan fingerprint density at radius 1 is 1.15 bits per heavy atom.